The highest BCUT2D eigenvalue weighted by molar-refractivity contribution is 5.57. The molecule has 1 nitrogen and oxygen atoms in total. The van der Waals surface area contributed by atoms with E-state index in [9.17, 15) is 17.6 Å². The zero-order chi connectivity index (χ0) is 14.5. The number of hydrogen-bond donors (Lipinski definition) is 0. The van der Waals surface area contributed by atoms with E-state index in [1.807, 2.05) is 6.92 Å². The second-order valence-corrected chi connectivity index (χ2v) is 3.96. The largest absolute Gasteiger partial charge is 0.491 e. The van der Waals surface area contributed by atoms with E-state index in [4.69, 9.17) is 4.74 Å². The van der Waals surface area contributed by atoms with Crippen LogP contribution in [0.1, 0.15) is 37.8 Å². The first kappa shape index (κ1) is 15.5. The summed E-state index contributed by atoms with van der Waals surface area (Å²) in [4.78, 5) is 0. The van der Waals surface area contributed by atoms with Crippen LogP contribution in [0.4, 0.5) is 17.6 Å². The quantitative estimate of drug-likeness (QED) is 0.683. The molecule has 0 amide bonds. The number of benzene rings is 1. The Hall–Kier alpha value is -1.52. The van der Waals surface area contributed by atoms with E-state index in [0.29, 0.717) is 6.42 Å². The van der Waals surface area contributed by atoms with Gasteiger partial charge in [-0.1, -0.05) is 31.6 Å². The summed E-state index contributed by atoms with van der Waals surface area (Å²) < 4.78 is 57.4. The molecule has 0 atom stereocenters. The molecule has 5 heteroatoms. The Morgan fingerprint density at radius 3 is 2.42 bits per heavy atom. The zero-order valence-corrected chi connectivity index (χ0v) is 10.9. The molecule has 106 valence electrons. The maximum Gasteiger partial charge on any atom is 0.419 e. The number of unbranched alkanes of at least 4 members (excludes halogenated alkanes) is 1. The molecule has 0 aliphatic rings. The predicted octanol–water partition coefficient (Wildman–Crippen LogP) is 5.06. The molecule has 1 rings (SSSR count). The van der Waals surface area contributed by atoms with Crippen molar-refractivity contribution in [1.82, 2.24) is 0 Å². The standard InChI is InChI=1S/C14H16F4O/c1-3-5-6-7-10-8-9-11(19-4-2)13(15)12(10)14(16,17)18/h6-9H,3-5H2,1-2H3/b7-6+. The molecule has 19 heavy (non-hydrogen) atoms. The lowest BCUT2D eigenvalue weighted by atomic mass is 10.0. The topological polar surface area (TPSA) is 9.23 Å². The Kier molecular flexibility index (Phi) is 5.39. The molecule has 0 radical (unpaired) electrons. The number of hydrogen-bond acceptors (Lipinski definition) is 1. The third kappa shape index (κ3) is 3.98. The highest BCUT2D eigenvalue weighted by Crippen LogP contribution is 2.38. The minimum Gasteiger partial charge on any atom is -0.491 e. The number of halogens is 4. The average molecular weight is 276 g/mol. The normalized spacial score (nSPS) is 12.1. The second-order valence-electron chi connectivity index (χ2n) is 3.96. The van der Waals surface area contributed by atoms with Crippen molar-refractivity contribution in [3.8, 4) is 5.75 Å². The SMILES string of the molecule is CCC/C=C/c1ccc(OCC)c(F)c1C(F)(F)F. The van der Waals surface area contributed by atoms with Crippen LogP contribution >= 0.6 is 0 Å². The molecular weight excluding hydrogens is 260 g/mol. The minimum absolute atomic E-state index is 0.110. The van der Waals surface area contributed by atoms with Gasteiger partial charge in [0.25, 0.3) is 0 Å². The number of alkyl halides is 3. The summed E-state index contributed by atoms with van der Waals surface area (Å²) in [5.74, 6) is -1.73. The van der Waals surface area contributed by atoms with Crippen molar-refractivity contribution in [1.29, 1.82) is 0 Å². The molecule has 0 saturated heterocycles. The first-order valence-corrected chi connectivity index (χ1v) is 6.10. The smallest absolute Gasteiger partial charge is 0.419 e. The summed E-state index contributed by atoms with van der Waals surface area (Å²) in [5.41, 5.74) is -1.45. The Bertz CT molecular complexity index is 449. The van der Waals surface area contributed by atoms with Crippen molar-refractivity contribution in [3.05, 3.63) is 35.2 Å². The van der Waals surface area contributed by atoms with E-state index in [0.717, 1.165) is 6.42 Å². The molecule has 0 aromatic heterocycles. The Morgan fingerprint density at radius 2 is 1.89 bits per heavy atom. The molecule has 1 aromatic rings. The molecule has 0 saturated carbocycles. The van der Waals surface area contributed by atoms with Crippen LogP contribution in [0.5, 0.6) is 5.75 Å². The van der Waals surface area contributed by atoms with Crippen molar-refractivity contribution >= 4 is 6.08 Å². The van der Waals surface area contributed by atoms with Gasteiger partial charge < -0.3 is 4.74 Å². The summed E-state index contributed by atoms with van der Waals surface area (Å²) in [6.07, 6.45) is -0.387. The van der Waals surface area contributed by atoms with Crippen LogP contribution in [0.2, 0.25) is 0 Å². The molecule has 0 N–H and O–H groups in total. The van der Waals surface area contributed by atoms with Crippen molar-refractivity contribution in [2.24, 2.45) is 0 Å². The fourth-order valence-corrected chi connectivity index (χ4v) is 1.64. The minimum atomic E-state index is -4.75. The molecule has 0 aliphatic heterocycles. The second kappa shape index (κ2) is 6.59. The predicted molar refractivity (Wildman–Crippen MR) is 66.5 cm³/mol. The van der Waals surface area contributed by atoms with Crippen molar-refractivity contribution in [3.63, 3.8) is 0 Å². The van der Waals surface area contributed by atoms with Crippen LogP contribution in [-0.4, -0.2) is 6.61 Å². The molecule has 0 fully saturated rings. The van der Waals surface area contributed by atoms with Gasteiger partial charge in [0.05, 0.1) is 6.61 Å². The van der Waals surface area contributed by atoms with Crippen molar-refractivity contribution in [2.45, 2.75) is 32.9 Å². The van der Waals surface area contributed by atoms with Crippen molar-refractivity contribution in [2.75, 3.05) is 6.61 Å². The van der Waals surface area contributed by atoms with Gasteiger partial charge in [-0.3, -0.25) is 0 Å². The van der Waals surface area contributed by atoms with Gasteiger partial charge in [-0.05, 0) is 25.0 Å². The van der Waals surface area contributed by atoms with Crippen LogP contribution in [0, 0.1) is 5.82 Å². The van der Waals surface area contributed by atoms with Gasteiger partial charge in [0.15, 0.2) is 11.6 Å². The number of ether oxygens (including phenoxy) is 1. The van der Waals surface area contributed by atoms with Gasteiger partial charge in [0.2, 0.25) is 0 Å². The van der Waals surface area contributed by atoms with Crippen LogP contribution in [0.15, 0.2) is 18.2 Å². The van der Waals surface area contributed by atoms with Gasteiger partial charge in [-0.25, -0.2) is 4.39 Å². The van der Waals surface area contributed by atoms with Crippen LogP contribution in [0.3, 0.4) is 0 Å². The average Bonchev–Trinajstić information content (AvgIpc) is 2.31. The zero-order valence-electron chi connectivity index (χ0n) is 10.9. The Morgan fingerprint density at radius 1 is 1.21 bits per heavy atom. The summed E-state index contributed by atoms with van der Waals surface area (Å²) in [6, 6.07) is 2.45. The lowest BCUT2D eigenvalue weighted by molar-refractivity contribution is -0.140. The van der Waals surface area contributed by atoms with Gasteiger partial charge in [-0.15, -0.1) is 0 Å². The van der Waals surface area contributed by atoms with E-state index in [1.54, 1.807) is 13.0 Å². The van der Waals surface area contributed by atoms with Crippen LogP contribution in [0.25, 0.3) is 6.08 Å². The molecule has 0 spiro atoms. The fraction of sp³-hybridized carbons (Fsp3) is 0.429. The lowest BCUT2D eigenvalue weighted by Crippen LogP contribution is -2.12. The Balaban J connectivity index is 3.28. The monoisotopic (exact) mass is 276 g/mol. The maximum atomic E-state index is 13.8. The van der Waals surface area contributed by atoms with Gasteiger partial charge in [0.1, 0.15) is 5.56 Å². The van der Waals surface area contributed by atoms with E-state index < -0.39 is 17.6 Å². The van der Waals surface area contributed by atoms with E-state index in [1.165, 1.54) is 18.2 Å². The first-order valence-electron chi connectivity index (χ1n) is 6.10. The third-order valence-electron chi connectivity index (χ3n) is 2.47. The van der Waals surface area contributed by atoms with Gasteiger partial charge in [0, 0.05) is 0 Å². The molecule has 0 bridgehead atoms. The van der Waals surface area contributed by atoms with E-state index in [-0.39, 0.29) is 17.9 Å². The van der Waals surface area contributed by atoms with Gasteiger partial charge >= 0.3 is 6.18 Å². The first-order chi connectivity index (χ1) is 8.91. The van der Waals surface area contributed by atoms with E-state index in [2.05, 4.69) is 0 Å². The highest BCUT2D eigenvalue weighted by atomic mass is 19.4. The summed E-state index contributed by atoms with van der Waals surface area (Å²) in [5, 5.41) is 0. The molecule has 1 aromatic carbocycles. The summed E-state index contributed by atoms with van der Waals surface area (Å²) in [7, 11) is 0. The molecule has 0 unspecified atom stereocenters. The Labute approximate surface area is 109 Å². The molecule has 0 heterocycles. The summed E-state index contributed by atoms with van der Waals surface area (Å²) >= 11 is 0. The number of rotatable bonds is 5. The maximum absolute atomic E-state index is 13.8. The van der Waals surface area contributed by atoms with Gasteiger partial charge in [-0.2, -0.15) is 13.2 Å². The number of allylic oxidation sites excluding steroid dienone is 1. The third-order valence-corrected chi connectivity index (χ3v) is 2.47. The van der Waals surface area contributed by atoms with E-state index >= 15 is 0 Å². The van der Waals surface area contributed by atoms with Crippen LogP contribution < -0.4 is 4.74 Å². The molecule has 0 aliphatic carbocycles. The summed E-state index contributed by atoms with van der Waals surface area (Å²) in [6.45, 7) is 3.61. The molecular formula is C14H16F4O. The van der Waals surface area contributed by atoms with Crippen LogP contribution in [-0.2, 0) is 6.18 Å². The fourth-order valence-electron chi connectivity index (χ4n) is 1.64. The highest BCUT2D eigenvalue weighted by Gasteiger charge is 2.37. The lowest BCUT2D eigenvalue weighted by Gasteiger charge is -2.14. The van der Waals surface area contributed by atoms with Crippen molar-refractivity contribution < 1.29 is 22.3 Å².